The van der Waals surface area contributed by atoms with E-state index in [9.17, 15) is 0 Å². The Labute approximate surface area is 106 Å². The third-order valence-corrected chi connectivity index (χ3v) is 4.77. The number of likely N-dealkylation sites (N-methyl/N-ethyl adjacent to an activating group) is 1. The number of unbranched alkanes of at least 4 members (excludes halogenated alkanes) is 1. The number of likely N-dealkylation sites (tertiary alicyclic amines) is 1. The van der Waals surface area contributed by atoms with Gasteiger partial charge in [-0.05, 0) is 46.2 Å². The average molecular weight is 239 g/mol. The lowest BCUT2D eigenvalue weighted by Gasteiger charge is -2.38. The zero-order valence-electron chi connectivity index (χ0n) is 11.8. The highest BCUT2D eigenvalue weighted by molar-refractivity contribution is 5.06. The Morgan fingerprint density at radius 2 is 2.12 bits per heavy atom. The van der Waals surface area contributed by atoms with E-state index in [-0.39, 0.29) is 5.54 Å². The molecule has 0 bridgehead atoms. The molecule has 100 valence electrons. The Balaban J connectivity index is 1.99. The molecule has 1 saturated carbocycles. The van der Waals surface area contributed by atoms with E-state index in [0.717, 1.165) is 18.6 Å². The van der Waals surface area contributed by atoms with Crippen molar-refractivity contribution in [2.75, 3.05) is 26.7 Å². The molecule has 1 aliphatic carbocycles. The van der Waals surface area contributed by atoms with E-state index in [1.165, 1.54) is 45.2 Å². The van der Waals surface area contributed by atoms with Gasteiger partial charge in [-0.25, -0.2) is 0 Å². The number of hydrogen-bond acceptors (Lipinski definition) is 3. The molecule has 0 spiro atoms. The molecule has 17 heavy (non-hydrogen) atoms. The van der Waals surface area contributed by atoms with Gasteiger partial charge in [0.25, 0.3) is 0 Å². The first kappa shape index (κ1) is 13.3. The molecular formula is C14H29N3. The summed E-state index contributed by atoms with van der Waals surface area (Å²) < 4.78 is 0. The first-order valence-corrected chi connectivity index (χ1v) is 7.30. The smallest absolute Gasteiger partial charge is 0.0470 e. The lowest BCUT2D eigenvalue weighted by molar-refractivity contribution is 0.126. The number of rotatable bonds is 6. The molecule has 2 atom stereocenters. The van der Waals surface area contributed by atoms with Gasteiger partial charge in [-0.1, -0.05) is 13.3 Å². The van der Waals surface area contributed by atoms with Crippen LogP contribution < -0.4 is 5.73 Å². The monoisotopic (exact) mass is 239 g/mol. The molecule has 2 fully saturated rings. The summed E-state index contributed by atoms with van der Waals surface area (Å²) in [6.45, 7) is 7.83. The van der Waals surface area contributed by atoms with Crippen LogP contribution in [-0.2, 0) is 0 Å². The first-order chi connectivity index (χ1) is 8.13. The molecule has 3 nitrogen and oxygen atoms in total. The second-order valence-corrected chi connectivity index (χ2v) is 6.16. The summed E-state index contributed by atoms with van der Waals surface area (Å²) in [6, 6.07) is 1.59. The van der Waals surface area contributed by atoms with Gasteiger partial charge >= 0.3 is 0 Å². The molecule has 3 heteroatoms. The predicted octanol–water partition coefficient (Wildman–Crippen LogP) is 1.67. The number of nitrogens with zero attached hydrogens (tertiary/aromatic N) is 2. The summed E-state index contributed by atoms with van der Waals surface area (Å²) >= 11 is 0. The number of hydrogen-bond donors (Lipinski definition) is 1. The van der Waals surface area contributed by atoms with Crippen LogP contribution in [0.3, 0.4) is 0 Å². The lowest BCUT2D eigenvalue weighted by atomic mass is 9.94. The molecule has 0 aromatic heterocycles. The second kappa shape index (κ2) is 5.25. The Morgan fingerprint density at radius 1 is 1.41 bits per heavy atom. The van der Waals surface area contributed by atoms with Crippen LogP contribution in [0.25, 0.3) is 0 Å². The van der Waals surface area contributed by atoms with Crippen LogP contribution in [0.1, 0.15) is 46.0 Å². The minimum atomic E-state index is 0.247. The predicted molar refractivity (Wildman–Crippen MR) is 73.1 cm³/mol. The molecule has 1 saturated heterocycles. The zero-order chi connectivity index (χ0) is 12.5. The summed E-state index contributed by atoms with van der Waals surface area (Å²) in [5.74, 6) is 0. The Kier molecular flexibility index (Phi) is 4.11. The van der Waals surface area contributed by atoms with Crippen molar-refractivity contribution in [2.24, 2.45) is 5.73 Å². The summed E-state index contributed by atoms with van der Waals surface area (Å²) in [4.78, 5) is 5.24. The molecular weight excluding hydrogens is 210 g/mol. The Hall–Kier alpha value is -0.120. The largest absolute Gasteiger partial charge is 0.329 e. The molecule has 1 heterocycles. The van der Waals surface area contributed by atoms with Crippen LogP contribution >= 0.6 is 0 Å². The van der Waals surface area contributed by atoms with Crippen LogP contribution in [0.4, 0.5) is 0 Å². The molecule has 2 rings (SSSR count). The van der Waals surface area contributed by atoms with Crippen molar-refractivity contribution >= 4 is 0 Å². The van der Waals surface area contributed by atoms with Crippen molar-refractivity contribution in [3.8, 4) is 0 Å². The quantitative estimate of drug-likeness (QED) is 0.765. The van der Waals surface area contributed by atoms with Gasteiger partial charge in [-0.15, -0.1) is 0 Å². The summed E-state index contributed by atoms with van der Waals surface area (Å²) in [6.07, 6.45) is 6.62. The van der Waals surface area contributed by atoms with Crippen LogP contribution in [-0.4, -0.2) is 54.1 Å². The molecule has 2 unspecified atom stereocenters. The van der Waals surface area contributed by atoms with Gasteiger partial charge in [0, 0.05) is 30.7 Å². The van der Waals surface area contributed by atoms with Crippen molar-refractivity contribution < 1.29 is 0 Å². The van der Waals surface area contributed by atoms with E-state index in [1.807, 2.05) is 0 Å². The maximum Gasteiger partial charge on any atom is 0.0470 e. The van der Waals surface area contributed by atoms with Crippen molar-refractivity contribution in [1.82, 2.24) is 9.80 Å². The van der Waals surface area contributed by atoms with Gasteiger partial charge in [-0.2, -0.15) is 0 Å². The molecule has 0 amide bonds. The molecule has 0 aromatic carbocycles. The van der Waals surface area contributed by atoms with E-state index >= 15 is 0 Å². The minimum Gasteiger partial charge on any atom is -0.329 e. The highest BCUT2D eigenvalue weighted by Gasteiger charge is 2.47. The van der Waals surface area contributed by atoms with Crippen molar-refractivity contribution in [1.29, 1.82) is 0 Å². The van der Waals surface area contributed by atoms with Crippen LogP contribution in [0, 0.1) is 0 Å². The highest BCUT2D eigenvalue weighted by Crippen LogP contribution is 2.39. The van der Waals surface area contributed by atoms with Gasteiger partial charge in [-0.3, -0.25) is 9.80 Å². The minimum absolute atomic E-state index is 0.247. The van der Waals surface area contributed by atoms with Gasteiger partial charge in [0.2, 0.25) is 0 Å². The fourth-order valence-corrected chi connectivity index (χ4v) is 3.34. The van der Waals surface area contributed by atoms with Gasteiger partial charge in [0.15, 0.2) is 0 Å². The SMILES string of the molecule is CCCCN(C)C1(CN)CC(C)N(C2CC2)C1. The van der Waals surface area contributed by atoms with E-state index in [0.29, 0.717) is 0 Å². The van der Waals surface area contributed by atoms with Crippen LogP contribution in [0.5, 0.6) is 0 Å². The van der Waals surface area contributed by atoms with Crippen LogP contribution in [0.15, 0.2) is 0 Å². The second-order valence-electron chi connectivity index (χ2n) is 6.16. The third-order valence-electron chi connectivity index (χ3n) is 4.77. The molecule has 0 radical (unpaired) electrons. The fraction of sp³-hybridized carbons (Fsp3) is 1.00. The maximum atomic E-state index is 6.12. The standard InChI is InChI=1S/C14H29N3/c1-4-5-8-16(3)14(10-15)9-12(2)17(11-14)13-6-7-13/h12-13H,4-11,15H2,1-3H3. The summed E-state index contributed by atoms with van der Waals surface area (Å²) in [7, 11) is 2.27. The first-order valence-electron chi connectivity index (χ1n) is 7.30. The van der Waals surface area contributed by atoms with Gasteiger partial charge < -0.3 is 5.73 Å². The maximum absolute atomic E-state index is 6.12. The summed E-state index contributed by atoms with van der Waals surface area (Å²) in [5, 5.41) is 0. The van der Waals surface area contributed by atoms with Crippen molar-refractivity contribution in [3.05, 3.63) is 0 Å². The molecule has 2 aliphatic rings. The lowest BCUT2D eigenvalue weighted by Crippen LogP contribution is -2.54. The van der Waals surface area contributed by atoms with Crippen molar-refractivity contribution in [2.45, 2.75) is 63.6 Å². The topological polar surface area (TPSA) is 32.5 Å². The number of nitrogens with two attached hydrogens (primary N) is 1. The molecule has 2 N–H and O–H groups in total. The normalized spacial score (nSPS) is 34.8. The van der Waals surface area contributed by atoms with Gasteiger partial charge in [0.05, 0.1) is 0 Å². The van der Waals surface area contributed by atoms with Gasteiger partial charge in [0.1, 0.15) is 0 Å². The molecule has 0 aromatic rings. The average Bonchev–Trinajstić information content (AvgIpc) is 3.10. The van der Waals surface area contributed by atoms with E-state index in [1.54, 1.807) is 0 Å². The summed E-state index contributed by atoms with van der Waals surface area (Å²) in [5.41, 5.74) is 6.37. The van der Waals surface area contributed by atoms with Crippen LogP contribution in [0.2, 0.25) is 0 Å². The Morgan fingerprint density at radius 3 is 2.65 bits per heavy atom. The van der Waals surface area contributed by atoms with E-state index in [4.69, 9.17) is 5.73 Å². The fourth-order valence-electron chi connectivity index (χ4n) is 3.34. The third kappa shape index (κ3) is 2.67. The Bertz CT molecular complexity index is 252. The molecule has 1 aliphatic heterocycles. The highest BCUT2D eigenvalue weighted by atomic mass is 15.3. The van der Waals surface area contributed by atoms with E-state index in [2.05, 4.69) is 30.7 Å². The van der Waals surface area contributed by atoms with E-state index < -0.39 is 0 Å². The van der Waals surface area contributed by atoms with Crippen molar-refractivity contribution in [3.63, 3.8) is 0 Å². The zero-order valence-corrected chi connectivity index (χ0v) is 11.8.